The smallest absolute Gasteiger partial charge is 0.262 e. The largest absolute Gasteiger partial charge is 0.383 e. The Morgan fingerprint density at radius 2 is 2.00 bits per heavy atom. The van der Waals surface area contributed by atoms with Gasteiger partial charge in [-0.15, -0.1) is 0 Å². The Balaban J connectivity index is 2.33. The molecule has 0 saturated carbocycles. The Morgan fingerprint density at radius 1 is 1.33 bits per heavy atom. The van der Waals surface area contributed by atoms with E-state index < -0.39 is 0 Å². The molecule has 21 heavy (non-hydrogen) atoms. The van der Waals surface area contributed by atoms with E-state index in [1.54, 1.807) is 13.2 Å². The average Bonchev–Trinajstić information content (AvgIpc) is 2.44. The molecule has 0 unspecified atom stereocenters. The van der Waals surface area contributed by atoms with Crippen LogP contribution >= 0.6 is 12.2 Å². The Hall–Kier alpha value is -1.92. The zero-order chi connectivity index (χ0) is 15.7. The van der Waals surface area contributed by atoms with Gasteiger partial charge in [0, 0.05) is 19.2 Å². The van der Waals surface area contributed by atoms with Crippen molar-refractivity contribution in [2.75, 3.05) is 13.7 Å². The number of rotatable bonds is 5. The standard InChI is InChI=1S/C15H21N3O2S/c1-11-4-6-13(7-5-11)8-9-14(19)17-18-15(21)16-12(2)10-20-3/h4-9,12H,10H2,1-3H3,(H,17,19)(H2,16,18,21)/b9-8+/t12-/m1/s1. The van der Waals surface area contributed by atoms with E-state index >= 15 is 0 Å². The number of benzene rings is 1. The minimum Gasteiger partial charge on any atom is -0.383 e. The van der Waals surface area contributed by atoms with Gasteiger partial charge in [-0.1, -0.05) is 29.8 Å². The molecule has 0 aliphatic heterocycles. The number of ether oxygens (including phenoxy) is 1. The van der Waals surface area contributed by atoms with Gasteiger partial charge in [0.1, 0.15) is 0 Å². The van der Waals surface area contributed by atoms with E-state index in [2.05, 4.69) is 16.2 Å². The number of nitrogens with one attached hydrogen (secondary N) is 3. The highest BCUT2D eigenvalue weighted by atomic mass is 32.1. The summed E-state index contributed by atoms with van der Waals surface area (Å²) in [6.07, 6.45) is 3.18. The van der Waals surface area contributed by atoms with Crippen molar-refractivity contribution in [3.63, 3.8) is 0 Å². The van der Waals surface area contributed by atoms with Gasteiger partial charge in [0.05, 0.1) is 6.61 Å². The zero-order valence-corrected chi connectivity index (χ0v) is 13.3. The highest BCUT2D eigenvalue weighted by Crippen LogP contribution is 2.04. The van der Waals surface area contributed by atoms with E-state index in [-0.39, 0.29) is 11.9 Å². The monoisotopic (exact) mass is 307 g/mol. The summed E-state index contributed by atoms with van der Waals surface area (Å²) in [5, 5.41) is 3.32. The lowest BCUT2D eigenvalue weighted by atomic mass is 10.1. The number of hydrogen-bond acceptors (Lipinski definition) is 3. The number of carbonyl (C=O) groups is 1. The summed E-state index contributed by atoms with van der Waals surface area (Å²) in [5.74, 6) is -0.279. The lowest BCUT2D eigenvalue weighted by Gasteiger charge is -2.15. The summed E-state index contributed by atoms with van der Waals surface area (Å²) in [5.41, 5.74) is 7.27. The van der Waals surface area contributed by atoms with Crippen LogP contribution in [0.3, 0.4) is 0 Å². The molecule has 1 atom stereocenters. The second-order valence-corrected chi connectivity index (χ2v) is 5.10. The first kappa shape index (κ1) is 17.1. The summed E-state index contributed by atoms with van der Waals surface area (Å²) in [6.45, 7) is 4.47. The van der Waals surface area contributed by atoms with Crippen LogP contribution < -0.4 is 16.2 Å². The van der Waals surface area contributed by atoms with Crippen LogP contribution in [-0.4, -0.2) is 30.8 Å². The number of carbonyl (C=O) groups excluding carboxylic acids is 1. The third-order valence-corrected chi connectivity index (χ3v) is 2.82. The number of thiocarbonyl (C=S) groups is 1. The van der Waals surface area contributed by atoms with Gasteiger partial charge >= 0.3 is 0 Å². The fraction of sp³-hybridized carbons (Fsp3) is 0.333. The van der Waals surface area contributed by atoms with Crippen molar-refractivity contribution in [2.45, 2.75) is 19.9 Å². The fourth-order valence-electron chi connectivity index (χ4n) is 1.56. The number of methoxy groups -OCH3 is 1. The lowest BCUT2D eigenvalue weighted by molar-refractivity contribution is -0.116. The van der Waals surface area contributed by atoms with Gasteiger partial charge < -0.3 is 10.1 Å². The summed E-state index contributed by atoms with van der Waals surface area (Å²) in [6, 6.07) is 7.95. The third-order valence-electron chi connectivity index (χ3n) is 2.60. The molecule has 1 aromatic rings. The van der Waals surface area contributed by atoms with Gasteiger partial charge in [0.25, 0.3) is 5.91 Å². The third kappa shape index (κ3) is 7.43. The molecule has 0 radical (unpaired) electrons. The first-order chi connectivity index (χ1) is 10.0. The van der Waals surface area contributed by atoms with Crippen molar-refractivity contribution in [2.24, 2.45) is 0 Å². The molecule has 0 fully saturated rings. The average molecular weight is 307 g/mol. The summed E-state index contributed by atoms with van der Waals surface area (Å²) in [7, 11) is 1.62. The second-order valence-electron chi connectivity index (χ2n) is 4.69. The molecular weight excluding hydrogens is 286 g/mol. The fourth-order valence-corrected chi connectivity index (χ4v) is 1.81. The maximum absolute atomic E-state index is 11.6. The molecule has 0 aromatic heterocycles. The predicted molar refractivity (Wildman–Crippen MR) is 88.6 cm³/mol. The van der Waals surface area contributed by atoms with Gasteiger partial charge in [-0.25, -0.2) is 0 Å². The molecule has 1 aromatic carbocycles. The topological polar surface area (TPSA) is 62.4 Å². The highest BCUT2D eigenvalue weighted by Gasteiger charge is 2.03. The van der Waals surface area contributed by atoms with E-state index in [0.717, 1.165) is 5.56 Å². The Labute approximate surface area is 130 Å². The van der Waals surface area contributed by atoms with Crippen LogP contribution in [-0.2, 0) is 9.53 Å². The molecule has 0 heterocycles. The first-order valence-electron chi connectivity index (χ1n) is 6.61. The van der Waals surface area contributed by atoms with Crippen molar-refractivity contribution >= 4 is 29.3 Å². The summed E-state index contributed by atoms with van der Waals surface area (Å²) >= 11 is 5.04. The molecule has 0 saturated heterocycles. The molecular formula is C15H21N3O2S. The van der Waals surface area contributed by atoms with E-state index in [1.165, 1.54) is 11.6 Å². The van der Waals surface area contributed by atoms with Crippen LogP contribution in [0.25, 0.3) is 6.08 Å². The van der Waals surface area contributed by atoms with E-state index in [9.17, 15) is 4.79 Å². The van der Waals surface area contributed by atoms with Crippen molar-refractivity contribution in [3.8, 4) is 0 Å². The van der Waals surface area contributed by atoms with E-state index in [0.29, 0.717) is 11.7 Å². The van der Waals surface area contributed by atoms with Gasteiger partial charge in [0.2, 0.25) is 0 Å². The predicted octanol–water partition coefficient (Wildman–Crippen LogP) is 1.54. The zero-order valence-electron chi connectivity index (χ0n) is 12.5. The second kappa shape index (κ2) is 9.10. The van der Waals surface area contributed by atoms with Gasteiger partial charge in [-0.3, -0.25) is 15.6 Å². The Bertz CT molecular complexity index is 500. The van der Waals surface area contributed by atoms with Gasteiger partial charge in [-0.05, 0) is 37.7 Å². The Kier molecular flexibility index (Phi) is 7.42. The molecule has 0 aliphatic rings. The Morgan fingerprint density at radius 3 is 2.62 bits per heavy atom. The number of aryl methyl sites for hydroxylation is 1. The summed E-state index contributed by atoms with van der Waals surface area (Å²) < 4.78 is 4.98. The maximum Gasteiger partial charge on any atom is 0.262 e. The van der Waals surface area contributed by atoms with Crippen LogP contribution in [0.5, 0.6) is 0 Å². The minimum atomic E-state index is -0.279. The first-order valence-corrected chi connectivity index (χ1v) is 7.02. The lowest BCUT2D eigenvalue weighted by Crippen LogP contribution is -2.49. The van der Waals surface area contributed by atoms with Crippen LogP contribution in [0.2, 0.25) is 0 Å². The summed E-state index contributed by atoms with van der Waals surface area (Å²) in [4.78, 5) is 11.6. The number of hydrogen-bond donors (Lipinski definition) is 3. The van der Waals surface area contributed by atoms with Gasteiger partial charge in [0.15, 0.2) is 5.11 Å². The van der Waals surface area contributed by atoms with Gasteiger partial charge in [-0.2, -0.15) is 0 Å². The van der Waals surface area contributed by atoms with Crippen molar-refractivity contribution in [1.29, 1.82) is 0 Å². The number of amides is 1. The number of hydrazine groups is 1. The SMILES string of the molecule is COC[C@@H](C)NC(=S)NNC(=O)/C=C/c1ccc(C)cc1. The van der Waals surface area contributed by atoms with Crippen LogP contribution in [0.4, 0.5) is 0 Å². The molecule has 0 bridgehead atoms. The normalized spacial score (nSPS) is 12.0. The van der Waals surface area contributed by atoms with Crippen LogP contribution in [0, 0.1) is 6.92 Å². The quantitative estimate of drug-likeness (QED) is 0.437. The molecule has 3 N–H and O–H groups in total. The van der Waals surface area contributed by atoms with Crippen molar-refractivity contribution < 1.29 is 9.53 Å². The molecule has 1 rings (SSSR count). The molecule has 6 heteroatoms. The molecule has 0 aliphatic carbocycles. The highest BCUT2D eigenvalue weighted by molar-refractivity contribution is 7.80. The maximum atomic E-state index is 11.6. The van der Waals surface area contributed by atoms with Crippen LogP contribution in [0.1, 0.15) is 18.1 Å². The van der Waals surface area contributed by atoms with E-state index in [1.807, 2.05) is 38.1 Å². The van der Waals surface area contributed by atoms with E-state index in [4.69, 9.17) is 17.0 Å². The van der Waals surface area contributed by atoms with Crippen molar-refractivity contribution in [1.82, 2.24) is 16.2 Å². The van der Waals surface area contributed by atoms with Crippen LogP contribution in [0.15, 0.2) is 30.3 Å². The minimum absolute atomic E-state index is 0.0648. The molecule has 5 nitrogen and oxygen atoms in total. The van der Waals surface area contributed by atoms with Crippen molar-refractivity contribution in [3.05, 3.63) is 41.5 Å². The molecule has 0 spiro atoms. The molecule has 114 valence electrons. The molecule has 1 amide bonds.